The Hall–Kier alpha value is -2.48. The maximum Gasteiger partial charge on any atom is 0.348 e. The van der Waals surface area contributed by atoms with Crippen LogP contribution in [-0.2, 0) is 4.74 Å². The number of ether oxygens (including phenoxy) is 1. The molecule has 15 heteroatoms. The standard InChI is InChI=1S/C19H21Cl2F2N5O5S/c1-7-11(20)12(21)13(25-7)17(30)26-8-3-4-28(6-9(8)33-2)19-27-14(15(34-19)18(31)32)16(29)24-5-10(22)23/h8-10,25H,3-6H2,1-2H3,(H,24,29)(H,26,30)(H,31,32). The molecule has 0 aromatic carbocycles. The van der Waals surface area contributed by atoms with Gasteiger partial charge in [-0.2, -0.15) is 0 Å². The van der Waals surface area contributed by atoms with Crippen LogP contribution < -0.4 is 15.5 Å². The van der Waals surface area contributed by atoms with E-state index in [4.69, 9.17) is 27.9 Å². The van der Waals surface area contributed by atoms with Crippen LogP contribution in [0.15, 0.2) is 0 Å². The second-order valence-electron chi connectivity index (χ2n) is 7.42. The summed E-state index contributed by atoms with van der Waals surface area (Å²) in [5.41, 5.74) is 0.249. The fraction of sp³-hybridized carbons (Fsp3) is 0.474. The zero-order chi connectivity index (χ0) is 25.2. The average molecular weight is 540 g/mol. The molecule has 0 saturated carbocycles. The summed E-state index contributed by atoms with van der Waals surface area (Å²) in [7, 11) is 1.46. The van der Waals surface area contributed by atoms with Gasteiger partial charge in [0.15, 0.2) is 10.8 Å². The third-order valence-corrected chi connectivity index (χ3v) is 7.22. The first kappa shape index (κ1) is 26.1. The lowest BCUT2D eigenvalue weighted by atomic mass is 10.0. The Balaban J connectivity index is 1.73. The number of carboxylic acids is 1. The summed E-state index contributed by atoms with van der Waals surface area (Å²) in [6.07, 6.45) is -2.88. The second-order valence-corrected chi connectivity index (χ2v) is 9.16. The van der Waals surface area contributed by atoms with Crippen LogP contribution in [0.5, 0.6) is 0 Å². The number of aromatic amines is 1. The van der Waals surface area contributed by atoms with Crippen molar-refractivity contribution >= 4 is 57.5 Å². The maximum atomic E-state index is 12.7. The number of amides is 2. The SMILES string of the molecule is COC1CN(c2nc(C(=O)NCC(F)F)c(C(=O)O)s2)CCC1NC(=O)c1[nH]c(C)c(Cl)c1Cl. The summed E-state index contributed by atoms with van der Waals surface area (Å²) in [5, 5.41) is 14.8. The minimum Gasteiger partial charge on any atom is -0.477 e. The number of aromatic nitrogens is 2. The number of piperidine rings is 1. The molecule has 2 amide bonds. The fourth-order valence-electron chi connectivity index (χ4n) is 3.46. The third kappa shape index (κ3) is 5.59. The highest BCUT2D eigenvalue weighted by Crippen LogP contribution is 2.31. The first-order valence-electron chi connectivity index (χ1n) is 9.96. The number of anilines is 1. The number of carboxylic acid groups (broad SMARTS) is 1. The van der Waals surface area contributed by atoms with E-state index in [1.54, 1.807) is 11.8 Å². The van der Waals surface area contributed by atoms with Crippen LogP contribution in [0.3, 0.4) is 0 Å². The normalized spacial score (nSPS) is 18.3. The van der Waals surface area contributed by atoms with Crippen molar-refractivity contribution < 1.29 is 33.0 Å². The van der Waals surface area contributed by atoms with Crippen molar-refractivity contribution in [1.82, 2.24) is 20.6 Å². The van der Waals surface area contributed by atoms with E-state index in [0.29, 0.717) is 18.7 Å². The summed E-state index contributed by atoms with van der Waals surface area (Å²) in [6, 6.07) is -0.403. The largest absolute Gasteiger partial charge is 0.477 e. The molecule has 3 rings (SSSR count). The van der Waals surface area contributed by atoms with E-state index in [1.165, 1.54) is 7.11 Å². The predicted molar refractivity (Wildman–Crippen MR) is 122 cm³/mol. The van der Waals surface area contributed by atoms with E-state index in [-0.39, 0.29) is 32.3 Å². The van der Waals surface area contributed by atoms with Crippen LogP contribution in [0.1, 0.15) is 42.8 Å². The van der Waals surface area contributed by atoms with Crippen molar-refractivity contribution in [3.63, 3.8) is 0 Å². The number of thiazole rings is 1. The van der Waals surface area contributed by atoms with Crippen molar-refractivity contribution in [1.29, 1.82) is 0 Å². The molecule has 2 aromatic heterocycles. The summed E-state index contributed by atoms with van der Waals surface area (Å²) < 4.78 is 30.3. The fourth-order valence-corrected chi connectivity index (χ4v) is 4.81. The Morgan fingerprint density at radius 1 is 1.32 bits per heavy atom. The highest BCUT2D eigenvalue weighted by Gasteiger charge is 2.34. The molecule has 0 radical (unpaired) electrons. The summed E-state index contributed by atoms with van der Waals surface area (Å²) in [5.74, 6) is -2.85. The van der Waals surface area contributed by atoms with Crippen LogP contribution >= 0.6 is 34.5 Å². The third-order valence-electron chi connectivity index (χ3n) is 5.17. The zero-order valence-electron chi connectivity index (χ0n) is 18.0. The smallest absolute Gasteiger partial charge is 0.348 e. The molecule has 10 nitrogen and oxygen atoms in total. The van der Waals surface area contributed by atoms with Gasteiger partial charge in [0.05, 0.1) is 28.7 Å². The van der Waals surface area contributed by atoms with Gasteiger partial charge in [-0.05, 0) is 13.3 Å². The molecule has 2 aromatic rings. The minimum atomic E-state index is -2.78. The van der Waals surface area contributed by atoms with Gasteiger partial charge >= 0.3 is 5.97 Å². The summed E-state index contributed by atoms with van der Waals surface area (Å²) in [4.78, 5) is 44.7. The average Bonchev–Trinajstić information content (AvgIpc) is 3.35. The first-order chi connectivity index (χ1) is 16.0. The number of nitrogens with one attached hydrogen (secondary N) is 3. The summed E-state index contributed by atoms with van der Waals surface area (Å²) in [6.45, 7) is 1.35. The Morgan fingerprint density at radius 2 is 2.03 bits per heavy atom. The Morgan fingerprint density at radius 3 is 2.59 bits per heavy atom. The highest BCUT2D eigenvalue weighted by molar-refractivity contribution is 7.17. The second kappa shape index (κ2) is 10.8. The van der Waals surface area contributed by atoms with Crippen molar-refractivity contribution in [3.05, 3.63) is 32.0 Å². The number of H-pyrrole nitrogens is 1. The molecule has 4 N–H and O–H groups in total. The van der Waals surface area contributed by atoms with Crippen LogP contribution in [0.25, 0.3) is 0 Å². The van der Waals surface area contributed by atoms with E-state index >= 15 is 0 Å². The maximum absolute atomic E-state index is 12.7. The van der Waals surface area contributed by atoms with Crippen LogP contribution in [-0.4, -0.2) is 78.2 Å². The molecule has 1 saturated heterocycles. The lowest BCUT2D eigenvalue weighted by Crippen LogP contribution is -2.55. The number of alkyl halides is 2. The number of carbonyl (C=O) groups excluding carboxylic acids is 2. The van der Waals surface area contributed by atoms with Crippen molar-refractivity contribution in [2.24, 2.45) is 0 Å². The van der Waals surface area contributed by atoms with Gasteiger partial charge in [-0.1, -0.05) is 34.5 Å². The highest BCUT2D eigenvalue weighted by atomic mass is 35.5. The van der Waals surface area contributed by atoms with Gasteiger partial charge in [0.25, 0.3) is 18.2 Å². The molecular weight excluding hydrogens is 519 g/mol. The van der Waals surface area contributed by atoms with Crippen molar-refractivity contribution in [2.75, 3.05) is 31.6 Å². The molecule has 1 fully saturated rings. The molecule has 0 spiro atoms. The Kier molecular flexibility index (Phi) is 8.34. The minimum absolute atomic E-state index is 0.115. The lowest BCUT2D eigenvalue weighted by Gasteiger charge is -2.37. The number of carbonyl (C=O) groups is 3. The van der Waals surface area contributed by atoms with E-state index in [2.05, 4.69) is 15.3 Å². The van der Waals surface area contributed by atoms with Gasteiger partial charge in [-0.3, -0.25) is 9.59 Å². The number of hydrogen-bond donors (Lipinski definition) is 4. The van der Waals surface area contributed by atoms with Gasteiger partial charge in [-0.15, -0.1) is 0 Å². The van der Waals surface area contributed by atoms with Gasteiger partial charge in [-0.25, -0.2) is 18.6 Å². The molecule has 3 heterocycles. The number of aromatic carboxylic acids is 1. The molecule has 34 heavy (non-hydrogen) atoms. The van der Waals surface area contributed by atoms with Crippen molar-refractivity contribution in [2.45, 2.75) is 31.9 Å². The van der Waals surface area contributed by atoms with E-state index in [1.807, 2.05) is 5.32 Å². The molecule has 1 aliphatic rings. The molecule has 2 atom stereocenters. The first-order valence-corrected chi connectivity index (χ1v) is 11.5. The monoisotopic (exact) mass is 539 g/mol. The van der Waals surface area contributed by atoms with Crippen molar-refractivity contribution in [3.8, 4) is 0 Å². The van der Waals surface area contributed by atoms with Gasteiger partial charge in [0.1, 0.15) is 10.6 Å². The molecule has 1 aliphatic heterocycles. The molecule has 2 unspecified atom stereocenters. The lowest BCUT2D eigenvalue weighted by molar-refractivity contribution is 0.0540. The van der Waals surface area contributed by atoms with Crippen LogP contribution in [0.4, 0.5) is 13.9 Å². The predicted octanol–water partition coefficient (Wildman–Crippen LogP) is 2.80. The van der Waals surface area contributed by atoms with Gasteiger partial charge in [0, 0.05) is 25.9 Å². The van der Waals surface area contributed by atoms with E-state index in [9.17, 15) is 28.3 Å². The number of halogens is 4. The quantitative estimate of drug-likeness (QED) is 0.404. The molecule has 186 valence electrons. The summed E-state index contributed by atoms with van der Waals surface area (Å²) >= 11 is 12.9. The number of hydrogen-bond acceptors (Lipinski definition) is 7. The molecule has 0 bridgehead atoms. The van der Waals surface area contributed by atoms with Gasteiger partial charge < -0.3 is 30.4 Å². The van der Waals surface area contributed by atoms with E-state index in [0.717, 1.165) is 11.3 Å². The van der Waals surface area contributed by atoms with Crippen LogP contribution in [0, 0.1) is 6.92 Å². The molecule has 0 aliphatic carbocycles. The number of methoxy groups -OCH3 is 1. The Bertz CT molecular complexity index is 1100. The van der Waals surface area contributed by atoms with E-state index < -0.39 is 48.6 Å². The number of rotatable bonds is 8. The van der Waals surface area contributed by atoms with Gasteiger partial charge in [0.2, 0.25) is 0 Å². The molecular formula is C19H21Cl2F2N5O5S. The Labute approximate surface area is 206 Å². The topological polar surface area (TPSA) is 137 Å². The zero-order valence-corrected chi connectivity index (χ0v) is 20.3. The number of nitrogens with zero attached hydrogens (tertiary/aromatic N) is 2. The van der Waals surface area contributed by atoms with Crippen LogP contribution in [0.2, 0.25) is 10.0 Å². The number of aryl methyl sites for hydroxylation is 1.